The van der Waals surface area contributed by atoms with E-state index in [1.807, 2.05) is 0 Å². The molecule has 1 aliphatic carbocycles. The molecule has 0 amide bonds. The molecular formula is C8H10O4. The monoisotopic (exact) mass is 170 g/mol. The first kappa shape index (κ1) is 8.93. The maximum Gasteiger partial charge on any atom is 0.317 e. The summed E-state index contributed by atoms with van der Waals surface area (Å²) in [6.07, 6.45) is 2.26. The van der Waals surface area contributed by atoms with Crippen molar-refractivity contribution in [3.05, 3.63) is 11.6 Å². The minimum absolute atomic E-state index is 0.301. The van der Waals surface area contributed by atoms with Gasteiger partial charge in [-0.2, -0.15) is 0 Å². The highest BCUT2D eigenvalue weighted by atomic mass is 16.4. The maximum absolute atomic E-state index is 10.5. The second-order valence-corrected chi connectivity index (χ2v) is 2.82. The molecule has 2 N–H and O–H groups in total. The second-order valence-electron chi connectivity index (χ2n) is 2.82. The van der Waals surface area contributed by atoms with E-state index in [0.717, 1.165) is 0 Å². The molecule has 0 saturated carbocycles. The molecule has 2 atom stereocenters. The normalized spacial score (nSPS) is 24.8. The van der Waals surface area contributed by atoms with Crippen molar-refractivity contribution in [1.29, 1.82) is 0 Å². The molecule has 0 heterocycles. The number of carbonyl (C=O) groups excluding carboxylic acids is 1. The van der Waals surface area contributed by atoms with E-state index in [2.05, 4.69) is 0 Å². The van der Waals surface area contributed by atoms with Crippen molar-refractivity contribution < 1.29 is 19.8 Å². The van der Waals surface area contributed by atoms with Crippen LogP contribution in [0.2, 0.25) is 0 Å². The van der Waals surface area contributed by atoms with E-state index in [4.69, 9.17) is 10.2 Å². The molecule has 0 aromatic heterocycles. The van der Waals surface area contributed by atoms with E-state index in [9.17, 15) is 9.59 Å². The summed E-state index contributed by atoms with van der Waals surface area (Å²) < 4.78 is 0. The number of rotatable bonds is 3. The van der Waals surface area contributed by atoms with Gasteiger partial charge in [-0.15, -0.1) is 0 Å². The van der Waals surface area contributed by atoms with Gasteiger partial charge in [0.15, 0.2) is 0 Å². The summed E-state index contributed by atoms with van der Waals surface area (Å²) in [6.45, 7) is 0. The van der Waals surface area contributed by atoms with Crippen molar-refractivity contribution in [2.75, 3.05) is 0 Å². The Morgan fingerprint density at radius 2 is 2.42 bits per heavy atom. The van der Waals surface area contributed by atoms with Crippen LogP contribution < -0.4 is 0 Å². The fourth-order valence-corrected chi connectivity index (χ4v) is 1.28. The number of aldehydes is 1. The molecule has 0 aliphatic heterocycles. The highest BCUT2D eigenvalue weighted by Crippen LogP contribution is 2.24. The number of hydrogen-bond acceptors (Lipinski definition) is 3. The summed E-state index contributed by atoms with van der Waals surface area (Å²) in [4.78, 5) is 20.8. The second kappa shape index (κ2) is 3.49. The van der Waals surface area contributed by atoms with E-state index in [0.29, 0.717) is 24.7 Å². The lowest BCUT2D eigenvalue weighted by Crippen LogP contribution is -2.17. The molecule has 1 aliphatic rings. The summed E-state index contributed by atoms with van der Waals surface area (Å²) in [6, 6.07) is 0. The fourth-order valence-electron chi connectivity index (χ4n) is 1.28. The summed E-state index contributed by atoms with van der Waals surface area (Å²) in [5.41, 5.74) is 0.519. The van der Waals surface area contributed by atoms with Crippen LogP contribution in [0.15, 0.2) is 11.6 Å². The SMILES string of the molecule is O=CC(C(=O)O)C1=CCC(O)C1. The van der Waals surface area contributed by atoms with Crippen molar-refractivity contribution in [2.45, 2.75) is 18.9 Å². The Kier molecular flexibility index (Phi) is 2.60. The molecule has 0 aromatic rings. The Bertz CT molecular complexity index is 231. The van der Waals surface area contributed by atoms with Gasteiger partial charge in [0.05, 0.1) is 6.10 Å². The Hall–Kier alpha value is -1.16. The smallest absolute Gasteiger partial charge is 0.317 e. The molecule has 4 heteroatoms. The van der Waals surface area contributed by atoms with E-state index in [-0.39, 0.29) is 0 Å². The predicted molar refractivity (Wildman–Crippen MR) is 40.5 cm³/mol. The van der Waals surface area contributed by atoms with Crippen molar-refractivity contribution in [1.82, 2.24) is 0 Å². The van der Waals surface area contributed by atoms with Crippen LogP contribution in [-0.4, -0.2) is 28.6 Å². The molecule has 4 nitrogen and oxygen atoms in total. The first-order valence-electron chi connectivity index (χ1n) is 3.70. The number of carbonyl (C=O) groups is 2. The summed E-state index contributed by atoms with van der Waals surface area (Å²) >= 11 is 0. The third-order valence-corrected chi connectivity index (χ3v) is 1.93. The number of aliphatic hydroxyl groups is 1. The molecule has 12 heavy (non-hydrogen) atoms. The van der Waals surface area contributed by atoms with Gasteiger partial charge in [-0.1, -0.05) is 11.6 Å². The molecule has 66 valence electrons. The maximum atomic E-state index is 10.5. The lowest BCUT2D eigenvalue weighted by molar-refractivity contribution is -0.142. The van der Waals surface area contributed by atoms with Crippen LogP contribution in [-0.2, 0) is 9.59 Å². The van der Waals surface area contributed by atoms with Crippen molar-refractivity contribution >= 4 is 12.3 Å². The quantitative estimate of drug-likeness (QED) is 0.354. The lowest BCUT2D eigenvalue weighted by atomic mass is 10.0. The van der Waals surface area contributed by atoms with Crippen LogP contribution in [0.25, 0.3) is 0 Å². The number of carboxylic acids is 1. The van der Waals surface area contributed by atoms with Crippen LogP contribution in [0.3, 0.4) is 0 Å². The lowest BCUT2D eigenvalue weighted by Gasteiger charge is -2.06. The molecule has 0 bridgehead atoms. The van der Waals surface area contributed by atoms with E-state index >= 15 is 0 Å². The van der Waals surface area contributed by atoms with Crippen molar-refractivity contribution in [2.24, 2.45) is 5.92 Å². The largest absolute Gasteiger partial charge is 0.480 e. The molecule has 0 fully saturated rings. The zero-order valence-electron chi connectivity index (χ0n) is 6.43. The van der Waals surface area contributed by atoms with Gasteiger partial charge in [0.25, 0.3) is 0 Å². The van der Waals surface area contributed by atoms with Crippen LogP contribution in [0.5, 0.6) is 0 Å². The van der Waals surface area contributed by atoms with Gasteiger partial charge in [0.2, 0.25) is 0 Å². The Morgan fingerprint density at radius 3 is 2.75 bits per heavy atom. The van der Waals surface area contributed by atoms with Gasteiger partial charge in [-0.05, 0) is 12.8 Å². The molecule has 0 spiro atoms. The minimum atomic E-state index is -1.15. The third kappa shape index (κ3) is 1.71. The predicted octanol–water partition coefficient (Wildman–Crippen LogP) is -0.0328. The van der Waals surface area contributed by atoms with Crippen LogP contribution in [0, 0.1) is 5.92 Å². The summed E-state index contributed by atoms with van der Waals surface area (Å²) in [5, 5.41) is 17.6. The Labute approximate surface area is 69.5 Å². The van der Waals surface area contributed by atoms with Crippen LogP contribution >= 0.6 is 0 Å². The topological polar surface area (TPSA) is 74.6 Å². The van der Waals surface area contributed by atoms with Gasteiger partial charge in [-0.3, -0.25) is 4.79 Å². The van der Waals surface area contributed by atoms with Gasteiger partial charge < -0.3 is 15.0 Å². The Balaban J connectivity index is 2.68. The zero-order valence-corrected chi connectivity index (χ0v) is 6.43. The van der Waals surface area contributed by atoms with Crippen LogP contribution in [0.1, 0.15) is 12.8 Å². The first-order valence-corrected chi connectivity index (χ1v) is 3.70. The minimum Gasteiger partial charge on any atom is -0.480 e. The van der Waals surface area contributed by atoms with Gasteiger partial charge in [-0.25, -0.2) is 0 Å². The molecule has 0 radical (unpaired) electrons. The number of aliphatic carboxylic acids is 1. The zero-order chi connectivity index (χ0) is 9.14. The van der Waals surface area contributed by atoms with E-state index in [1.54, 1.807) is 6.08 Å². The van der Waals surface area contributed by atoms with Gasteiger partial charge >= 0.3 is 5.97 Å². The van der Waals surface area contributed by atoms with Crippen LogP contribution in [0.4, 0.5) is 0 Å². The van der Waals surface area contributed by atoms with Crippen molar-refractivity contribution in [3.8, 4) is 0 Å². The van der Waals surface area contributed by atoms with E-state index in [1.165, 1.54) is 0 Å². The van der Waals surface area contributed by atoms with Gasteiger partial charge in [0.1, 0.15) is 12.2 Å². The highest BCUT2D eigenvalue weighted by molar-refractivity contribution is 5.90. The fraction of sp³-hybridized carbons (Fsp3) is 0.500. The molecule has 0 aromatic carbocycles. The average molecular weight is 170 g/mol. The number of hydrogen-bond donors (Lipinski definition) is 2. The number of aliphatic hydroxyl groups excluding tert-OH is 1. The van der Waals surface area contributed by atoms with E-state index < -0.39 is 18.0 Å². The highest BCUT2D eigenvalue weighted by Gasteiger charge is 2.26. The first-order chi connectivity index (χ1) is 5.65. The molecule has 1 rings (SSSR count). The summed E-state index contributed by atoms with van der Waals surface area (Å²) in [7, 11) is 0. The molecular weight excluding hydrogens is 160 g/mol. The summed E-state index contributed by atoms with van der Waals surface area (Å²) in [5.74, 6) is -2.22. The molecule has 2 unspecified atom stereocenters. The molecule has 0 saturated heterocycles. The standard InChI is InChI=1S/C8H10O4/c9-4-7(8(11)12)5-1-2-6(10)3-5/h1,4,6-7,10H,2-3H2,(H,11,12). The van der Waals surface area contributed by atoms with Crippen molar-refractivity contribution in [3.63, 3.8) is 0 Å². The number of carboxylic acid groups (broad SMARTS) is 1. The van der Waals surface area contributed by atoms with Gasteiger partial charge in [0, 0.05) is 0 Å². The third-order valence-electron chi connectivity index (χ3n) is 1.93. The average Bonchev–Trinajstić information content (AvgIpc) is 2.37. The Morgan fingerprint density at radius 1 is 1.75 bits per heavy atom.